The average molecular weight is 238 g/mol. The first-order valence-corrected chi connectivity index (χ1v) is 7.44. The van der Waals surface area contributed by atoms with Crippen LogP contribution in [0.1, 0.15) is 51.4 Å². The maximum atomic E-state index is 5.78. The standard InChI is InChI=1S/C14H26N2O/c15-16-14(6-5-12-2-1-7-17-12)13-9-10-3-4-11(13)8-10/h10-14,16H,1-9,15H2. The summed E-state index contributed by atoms with van der Waals surface area (Å²) < 4.78 is 5.70. The van der Waals surface area contributed by atoms with E-state index < -0.39 is 0 Å². The SMILES string of the molecule is NNC(CCC1CCCO1)C1CC2CCC1C2. The van der Waals surface area contributed by atoms with E-state index in [1.54, 1.807) is 0 Å². The lowest BCUT2D eigenvalue weighted by atomic mass is 9.81. The summed E-state index contributed by atoms with van der Waals surface area (Å²) in [6, 6.07) is 0.537. The van der Waals surface area contributed by atoms with Crippen molar-refractivity contribution in [3.05, 3.63) is 0 Å². The van der Waals surface area contributed by atoms with Crippen LogP contribution in [0.5, 0.6) is 0 Å². The van der Waals surface area contributed by atoms with Gasteiger partial charge in [0.05, 0.1) is 6.10 Å². The van der Waals surface area contributed by atoms with Gasteiger partial charge in [-0.3, -0.25) is 11.3 Å². The molecule has 2 aliphatic carbocycles. The van der Waals surface area contributed by atoms with Gasteiger partial charge >= 0.3 is 0 Å². The van der Waals surface area contributed by atoms with Crippen LogP contribution in [0.25, 0.3) is 0 Å². The van der Waals surface area contributed by atoms with Crippen LogP contribution in [0.3, 0.4) is 0 Å². The quantitative estimate of drug-likeness (QED) is 0.570. The molecule has 3 N–H and O–H groups in total. The molecule has 3 heteroatoms. The van der Waals surface area contributed by atoms with Crippen LogP contribution in [0, 0.1) is 17.8 Å². The summed E-state index contributed by atoms with van der Waals surface area (Å²) in [7, 11) is 0. The van der Waals surface area contributed by atoms with Crippen LogP contribution in [0.2, 0.25) is 0 Å². The molecule has 1 heterocycles. The molecule has 0 aromatic carbocycles. The molecule has 3 fully saturated rings. The fraction of sp³-hybridized carbons (Fsp3) is 1.00. The van der Waals surface area contributed by atoms with Gasteiger partial charge in [0, 0.05) is 12.6 Å². The molecular weight excluding hydrogens is 212 g/mol. The Balaban J connectivity index is 1.49. The Morgan fingerprint density at radius 1 is 1.24 bits per heavy atom. The summed E-state index contributed by atoms with van der Waals surface area (Å²) in [5.41, 5.74) is 3.10. The zero-order chi connectivity index (χ0) is 11.7. The van der Waals surface area contributed by atoms with Crippen molar-refractivity contribution in [1.82, 2.24) is 5.43 Å². The second-order valence-electron chi connectivity index (χ2n) is 6.32. The molecule has 1 aliphatic heterocycles. The summed E-state index contributed by atoms with van der Waals surface area (Å²) in [5.74, 6) is 8.61. The Labute approximate surface area is 104 Å². The molecule has 2 saturated carbocycles. The van der Waals surface area contributed by atoms with Crippen molar-refractivity contribution >= 4 is 0 Å². The Kier molecular flexibility index (Phi) is 3.69. The molecule has 0 aromatic heterocycles. The molecule has 3 nitrogen and oxygen atoms in total. The van der Waals surface area contributed by atoms with Gasteiger partial charge in [-0.25, -0.2) is 0 Å². The largest absolute Gasteiger partial charge is 0.378 e. The number of hydrazine groups is 1. The summed E-state index contributed by atoms with van der Waals surface area (Å²) in [6.07, 6.45) is 11.3. The minimum absolute atomic E-state index is 0.518. The molecular formula is C14H26N2O. The number of hydrogen-bond acceptors (Lipinski definition) is 3. The highest BCUT2D eigenvalue weighted by atomic mass is 16.5. The molecule has 98 valence electrons. The third-order valence-corrected chi connectivity index (χ3v) is 5.35. The number of nitrogens with two attached hydrogens (primary N) is 1. The van der Waals surface area contributed by atoms with E-state index >= 15 is 0 Å². The molecule has 3 aliphatic rings. The highest BCUT2D eigenvalue weighted by molar-refractivity contribution is 4.95. The van der Waals surface area contributed by atoms with Crippen LogP contribution in [-0.4, -0.2) is 18.8 Å². The molecule has 0 aromatic rings. The monoisotopic (exact) mass is 238 g/mol. The average Bonchev–Trinajstić information content (AvgIpc) is 3.07. The van der Waals surface area contributed by atoms with Crippen molar-refractivity contribution in [2.75, 3.05) is 6.61 Å². The van der Waals surface area contributed by atoms with E-state index in [4.69, 9.17) is 10.6 Å². The predicted octanol–water partition coefficient (Wildman–Crippen LogP) is 2.21. The third kappa shape index (κ3) is 2.51. The molecule has 5 atom stereocenters. The summed E-state index contributed by atoms with van der Waals surface area (Å²) in [4.78, 5) is 0. The van der Waals surface area contributed by atoms with Gasteiger partial charge in [-0.1, -0.05) is 6.42 Å². The van der Waals surface area contributed by atoms with Crippen molar-refractivity contribution < 1.29 is 4.74 Å². The molecule has 1 saturated heterocycles. The first-order chi connectivity index (χ1) is 8.36. The molecule has 3 rings (SSSR count). The Hall–Kier alpha value is -0.120. The van der Waals surface area contributed by atoms with Gasteiger partial charge in [0.15, 0.2) is 0 Å². The summed E-state index contributed by atoms with van der Waals surface area (Å²) in [5, 5.41) is 0. The Morgan fingerprint density at radius 2 is 2.18 bits per heavy atom. The van der Waals surface area contributed by atoms with Crippen LogP contribution in [-0.2, 0) is 4.74 Å². The van der Waals surface area contributed by atoms with E-state index in [9.17, 15) is 0 Å². The molecule has 0 radical (unpaired) electrons. The van der Waals surface area contributed by atoms with E-state index in [1.807, 2.05) is 0 Å². The lowest BCUT2D eigenvalue weighted by Crippen LogP contribution is -2.43. The normalized spacial score (nSPS) is 42.2. The number of fused-ring (bicyclic) bond motifs is 2. The highest BCUT2D eigenvalue weighted by Crippen LogP contribution is 2.50. The van der Waals surface area contributed by atoms with Gasteiger partial charge < -0.3 is 4.74 Å². The Bertz CT molecular complexity index is 253. The first-order valence-electron chi connectivity index (χ1n) is 7.44. The van der Waals surface area contributed by atoms with Crippen LogP contribution in [0.4, 0.5) is 0 Å². The van der Waals surface area contributed by atoms with Gasteiger partial charge in [0.25, 0.3) is 0 Å². The van der Waals surface area contributed by atoms with Gasteiger partial charge in [-0.2, -0.15) is 0 Å². The second-order valence-corrected chi connectivity index (χ2v) is 6.32. The summed E-state index contributed by atoms with van der Waals surface area (Å²) >= 11 is 0. The van der Waals surface area contributed by atoms with E-state index in [-0.39, 0.29) is 0 Å². The maximum Gasteiger partial charge on any atom is 0.0576 e. The number of hydrogen-bond donors (Lipinski definition) is 2. The molecule has 2 bridgehead atoms. The van der Waals surface area contributed by atoms with Crippen LogP contribution < -0.4 is 11.3 Å². The smallest absolute Gasteiger partial charge is 0.0576 e. The van der Waals surface area contributed by atoms with Gasteiger partial charge in [-0.15, -0.1) is 0 Å². The maximum absolute atomic E-state index is 5.78. The Morgan fingerprint density at radius 3 is 2.76 bits per heavy atom. The third-order valence-electron chi connectivity index (χ3n) is 5.35. The zero-order valence-corrected chi connectivity index (χ0v) is 10.7. The van der Waals surface area contributed by atoms with Crippen LogP contribution >= 0.6 is 0 Å². The van der Waals surface area contributed by atoms with Gasteiger partial charge in [0.2, 0.25) is 0 Å². The fourth-order valence-corrected chi connectivity index (χ4v) is 4.45. The van der Waals surface area contributed by atoms with E-state index in [0.717, 1.165) is 24.4 Å². The second kappa shape index (κ2) is 5.25. The van der Waals surface area contributed by atoms with Crippen molar-refractivity contribution in [2.45, 2.75) is 63.5 Å². The van der Waals surface area contributed by atoms with E-state index in [0.29, 0.717) is 12.1 Å². The highest BCUT2D eigenvalue weighted by Gasteiger charge is 2.42. The number of rotatable bonds is 5. The lowest BCUT2D eigenvalue weighted by Gasteiger charge is -2.30. The minimum atomic E-state index is 0.518. The van der Waals surface area contributed by atoms with Crippen molar-refractivity contribution in [1.29, 1.82) is 0 Å². The zero-order valence-electron chi connectivity index (χ0n) is 10.7. The molecule has 0 amide bonds. The van der Waals surface area contributed by atoms with E-state index in [1.165, 1.54) is 51.4 Å². The van der Waals surface area contributed by atoms with E-state index in [2.05, 4.69) is 5.43 Å². The molecule has 17 heavy (non-hydrogen) atoms. The van der Waals surface area contributed by atoms with Crippen molar-refractivity contribution in [2.24, 2.45) is 23.6 Å². The topological polar surface area (TPSA) is 47.3 Å². The van der Waals surface area contributed by atoms with Gasteiger partial charge in [0.1, 0.15) is 0 Å². The minimum Gasteiger partial charge on any atom is -0.378 e. The lowest BCUT2D eigenvalue weighted by molar-refractivity contribution is 0.0947. The number of nitrogens with one attached hydrogen (secondary N) is 1. The predicted molar refractivity (Wildman–Crippen MR) is 68.3 cm³/mol. The van der Waals surface area contributed by atoms with Gasteiger partial charge in [-0.05, 0) is 62.7 Å². The first kappa shape index (κ1) is 11.9. The molecule has 0 spiro atoms. The summed E-state index contributed by atoms with van der Waals surface area (Å²) in [6.45, 7) is 0.972. The van der Waals surface area contributed by atoms with Crippen molar-refractivity contribution in [3.8, 4) is 0 Å². The molecule has 5 unspecified atom stereocenters. The number of ether oxygens (including phenoxy) is 1. The van der Waals surface area contributed by atoms with Crippen LogP contribution in [0.15, 0.2) is 0 Å². The van der Waals surface area contributed by atoms with Crippen molar-refractivity contribution in [3.63, 3.8) is 0 Å². The fourth-order valence-electron chi connectivity index (χ4n) is 4.45.